The van der Waals surface area contributed by atoms with E-state index in [0.717, 1.165) is 23.5 Å². The highest BCUT2D eigenvalue weighted by molar-refractivity contribution is 8.26. The van der Waals surface area contributed by atoms with Gasteiger partial charge in [0.2, 0.25) is 0 Å². The standard InChI is InChI=1S/C22H20ClNO3S2/c1-2-11-24-21(25)20(29-22(24)28)15-16-5-3-6-19(14-16)27-13-4-12-26-18-9-7-17(23)8-10-18/h2-3,5-10,14-15H,1,4,11-13H2. The number of carbonyl (C=O) groups is 1. The zero-order chi connectivity index (χ0) is 20.6. The number of thioether (sulfide) groups is 1. The van der Waals surface area contributed by atoms with E-state index in [2.05, 4.69) is 6.58 Å². The lowest BCUT2D eigenvalue weighted by molar-refractivity contribution is -0.121. The van der Waals surface area contributed by atoms with Gasteiger partial charge in [-0.15, -0.1) is 6.58 Å². The van der Waals surface area contributed by atoms with Crippen molar-refractivity contribution in [3.63, 3.8) is 0 Å². The van der Waals surface area contributed by atoms with E-state index in [-0.39, 0.29) is 5.91 Å². The zero-order valence-corrected chi connectivity index (χ0v) is 18.1. The third kappa shape index (κ3) is 6.10. The minimum absolute atomic E-state index is 0.0921. The first-order valence-corrected chi connectivity index (χ1v) is 10.6. The Hall–Kier alpha value is -2.28. The van der Waals surface area contributed by atoms with Crippen LogP contribution in [-0.4, -0.2) is 34.9 Å². The van der Waals surface area contributed by atoms with Crippen LogP contribution in [0.25, 0.3) is 6.08 Å². The van der Waals surface area contributed by atoms with Gasteiger partial charge >= 0.3 is 0 Å². The maximum absolute atomic E-state index is 12.4. The third-order valence-corrected chi connectivity index (χ3v) is 5.61. The van der Waals surface area contributed by atoms with Gasteiger partial charge in [0.25, 0.3) is 5.91 Å². The highest BCUT2D eigenvalue weighted by Crippen LogP contribution is 2.32. The third-order valence-electron chi connectivity index (χ3n) is 3.98. The maximum Gasteiger partial charge on any atom is 0.266 e. The van der Waals surface area contributed by atoms with E-state index < -0.39 is 0 Å². The van der Waals surface area contributed by atoms with Crippen LogP contribution in [0, 0.1) is 0 Å². The molecule has 0 atom stereocenters. The van der Waals surface area contributed by atoms with Crippen molar-refractivity contribution in [1.29, 1.82) is 0 Å². The second-order valence-corrected chi connectivity index (χ2v) is 8.27. The Bertz CT molecular complexity index is 928. The van der Waals surface area contributed by atoms with Gasteiger partial charge in [0.05, 0.1) is 18.1 Å². The first-order valence-electron chi connectivity index (χ1n) is 9.04. The van der Waals surface area contributed by atoms with E-state index in [0.29, 0.717) is 34.0 Å². The number of hydrogen-bond acceptors (Lipinski definition) is 5. The molecular weight excluding hydrogens is 426 g/mol. The van der Waals surface area contributed by atoms with E-state index >= 15 is 0 Å². The van der Waals surface area contributed by atoms with Crippen LogP contribution in [-0.2, 0) is 4.79 Å². The summed E-state index contributed by atoms with van der Waals surface area (Å²) in [6.45, 7) is 5.16. The summed E-state index contributed by atoms with van der Waals surface area (Å²) in [5.41, 5.74) is 0.888. The Balaban J connectivity index is 1.50. The fraction of sp³-hybridized carbons (Fsp3) is 0.182. The minimum Gasteiger partial charge on any atom is -0.493 e. The van der Waals surface area contributed by atoms with E-state index in [1.807, 2.05) is 42.5 Å². The molecule has 150 valence electrons. The number of nitrogens with zero attached hydrogens (tertiary/aromatic N) is 1. The fourth-order valence-electron chi connectivity index (χ4n) is 2.60. The Morgan fingerprint density at radius 2 is 1.83 bits per heavy atom. The number of thiocarbonyl (C=S) groups is 1. The summed E-state index contributed by atoms with van der Waals surface area (Å²) in [5.74, 6) is 1.43. The molecule has 0 spiro atoms. The number of rotatable bonds is 9. The van der Waals surface area contributed by atoms with Crippen molar-refractivity contribution in [2.45, 2.75) is 6.42 Å². The lowest BCUT2D eigenvalue weighted by atomic mass is 10.2. The molecule has 2 aromatic carbocycles. The summed E-state index contributed by atoms with van der Waals surface area (Å²) < 4.78 is 12.0. The summed E-state index contributed by atoms with van der Waals surface area (Å²) in [6.07, 6.45) is 4.24. The van der Waals surface area contributed by atoms with Crippen LogP contribution in [0.5, 0.6) is 11.5 Å². The molecule has 7 heteroatoms. The molecule has 1 amide bonds. The van der Waals surface area contributed by atoms with Crippen LogP contribution in [0.15, 0.2) is 66.1 Å². The van der Waals surface area contributed by atoms with Gasteiger partial charge in [-0.25, -0.2) is 0 Å². The van der Waals surface area contributed by atoms with Crippen molar-refractivity contribution in [3.05, 3.63) is 76.7 Å². The quantitative estimate of drug-likeness (QED) is 0.218. The topological polar surface area (TPSA) is 38.8 Å². The van der Waals surface area contributed by atoms with Gasteiger partial charge in [-0.3, -0.25) is 9.69 Å². The molecule has 0 unspecified atom stereocenters. The molecule has 1 aliphatic heterocycles. The summed E-state index contributed by atoms with van der Waals surface area (Å²) in [4.78, 5) is 14.6. The second kappa shape index (κ2) is 10.5. The highest BCUT2D eigenvalue weighted by atomic mass is 35.5. The van der Waals surface area contributed by atoms with Crippen molar-refractivity contribution >= 4 is 51.9 Å². The van der Waals surface area contributed by atoms with Crippen LogP contribution >= 0.6 is 35.6 Å². The number of benzene rings is 2. The molecule has 0 aromatic heterocycles. The molecule has 1 aliphatic rings. The van der Waals surface area contributed by atoms with Crippen LogP contribution in [0.3, 0.4) is 0 Å². The first kappa shape index (κ1) is 21.4. The van der Waals surface area contributed by atoms with Gasteiger partial charge < -0.3 is 9.47 Å². The normalized spacial score (nSPS) is 15.1. The van der Waals surface area contributed by atoms with E-state index in [4.69, 9.17) is 33.3 Å². The summed E-state index contributed by atoms with van der Waals surface area (Å²) in [7, 11) is 0. The molecule has 2 aromatic rings. The number of hydrogen-bond donors (Lipinski definition) is 0. The Morgan fingerprint density at radius 3 is 2.55 bits per heavy atom. The monoisotopic (exact) mass is 445 g/mol. The smallest absolute Gasteiger partial charge is 0.266 e. The number of carbonyl (C=O) groups excluding carboxylic acids is 1. The van der Waals surface area contributed by atoms with E-state index in [1.165, 1.54) is 11.8 Å². The van der Waals surface area contributed by atoms with E-state index in [9.17, 15) is 4.79 Å². The summed E-state index contributed by atoms with van der Waals surface area (Å²) in [6, 6.07) is 14.9. The summed E-state index contributed by atoms with van der Waals surface area (Å²) in [5, 5.41) is 0.684. The molecule has 1 saturated heterocycles. The van der Waals surface area contributed by atoms with Crippen molar-refractivity contribution in [2.75, 3.05) is 19.8 Å². The highest BCUT2D eigenvalue weighted by Gasteiger charge is 2.30. The molecule has 3 rings (SSSR count). The Morgan fingerprint density at radius 1 is 1.10 bits per heavy atom. The molecule has 0 N–H and O–H groups in total. The van der Waals surface area contributed by atoms with Crippen molar-refractivity contribution in [1.82, 2.24) is 4.90 Å². The molecule has 0 aliphatic carbocycles. The van der Waals surface area contributed by atoms with Gasteiger partial charge in [0, 0.05) is 18.0 Å². The van der Waals surface area contributed by atoms with Crippen LogP contribution in [0.1, 0.15) is 12.0 Å². The van der Waals surface area contributed by atoms with Gasteiger partial charge in [0.15, 0.2) is 0 Å². The Kier molecular flexibility index (Phi) is 7.75. The molecule has 1 fully saturated rings. The van der Waals surface area contributed by atoms with Crippen LogP contribution in [0.2, 0.25) is 5.02 Å². The molecule has 4 nitrogen and oxygen atoms in total. The van der Waals surface area contributed by atoms with Gasteiger partial charge in [-0.2, -0.15) is 0 Å². The van der Waals surface area contributed by atoms with E-state index in [1.54, 1.807) is 23.1 Å². The molecule has 0 bridgehead atoms. The molecular formula is C22H20ClNO3S2. The molecule has 0 saturated carbocycles. The maximum atomic E-state index is 12.4. The Labute approximate surface area is 185 Å². The number of halogens is 1. The number of amides is 1. The second-order valence-electron chi connectivity index (χ2n) is 6.16. The predicted molar refractivity (Wildman–Crippen MR) is 124 cm³/mol. The van der Waals surface area contributed by atoms with Gasteiger partial charge in [-0.05, 0) is 48.0 Å². The zero-order valence-electron chi connectivity index (χ0n) is 15.7. The minimum atomic E-state index is -0.0921. The van der Waals surface area contributed by atoms with Gasteiger partial charge in [-0.1, -0.05) is 53.8 Å². The molecule has 29 heavy (non-hydrogen) atoms. The number of ether oxygens (including phenoxy) is 2. The van der Waals surface area contributed by atoms with Gasteiger partial charge in [0.1, 0.15) is 15.8 Å². The molecule has 0 radical (unpaired) electrons. The van der Waals surface area contributed by atoms with Crippen molar-refractivity contribution in [2.24, 2.45) is 0 Å². The average Bonchev–Trinajstić information content (AvgIpc) is 2.97. The van der Waals surface area contributed by atoms with Crippen LogP contribution in [0.4, 0.5) is 0 Å². The molecule has 1 heterocycles. The largest absolute Gasteiger partial charge is 0.493 e. The summed E-state index contributed by atoms with van der Waals surface area (Å²) >= 11 is 12.4. The SMILES string of the molecule is C=CCN1C(=O)C(=Cc2cccc(OCCCOc3ccc(Cl)cc3)c2)SC1=S. The predicted octanol–water partition coefficient (Wildman–Crippen LogP) is 5.58. The lowest BCUT2D eigenvalue weighted by Gasteiger charge is -2.10. The fourth-order valence-corrected chi connectivity index (χ4v) is 4.00. The van der Waals surface area contributed by atoms with Crippen LogP contribution < -0.4 is 9.47 Å². The average molecular weight is 446 g/mol. The first-order chi connectivity index (χ1) is 14.1. The van der Waals surface area contributed by atoms with Crippen molar-refractivity contribution in [3.8, 4) is 11.5 Å². The van der Waals surface area contributed by atoms with Crippen molar-refractivity contribution < 1.29 is 14.3 Å². The lowest BCUT2D eigenvalue weighted by Crippen LogP contribution is -2.27.